The molecule has 1 unspecified atom stereocenters. The van der Waals surface area contributed by atoms with Crippen LogP contribution in [0.1, 0.15) is 17.5 Å². The monoisotopic (exact) mass is 482 g/mol. The maximum absolute atomic E-state index is 13.4. The summed E-state index contributed by atoms with van der Waals surface area (Å²) in [7, 11) is 0. The molecule has 176 valence electrons. The first-order valence-electron chi connectivity index (χ1n) is 11.6. The van der Waals surface area contributed by atoms with E-state index in [1.807, 2.05) is 85.9 Å². The summed E-state index contributed by atoms with van der Waals surface area (Å²) in [4.78, 5) is 35.9. The van der Waals surface area contributed by atoms with E-state index in [0.29, 0.717) is 18.1 Å². The molecule has 1 aromatic heterocycles. The largest absolute Gasteiger partial charge is 0.361 e. The number of para-hydroxylation sites is 2. The summed E-state index contributed by atoms with van der Waals surface area (Å²) >= 11 is 1.36. The van der Waals surface area contributed by atoms with Gasteiger partial charge in [-0.25, -0.2) is 4.99 Å². The van der Waals surface area contributed by atoms with Crippen molar-refractivity contribution in [3.8, 4) is 0 Å². The number of carbonyl (C=O) groups is 2. The van der Waals surface area contributed by atoms with Gasteiger partial charge in [0, 0.05) is 35.8 Å². The average Bonchev–Trinajstić information content (AvgIpc) is 3.40. The predicted molar refractivity (Wildman–Crippen MR) is 143 cm³/mol. The van der Waals surface area contributed by atoms with Crippen LogP contribution in [0.25, 0.3) is 10.9 Å². The molecule has 5 rings (SSSR count). The Morgan fingerprint density at radius 3 is 2.57 bits per heavy atom. The van der Waals surface area contributed by atoms with E-state index in [-0.39, 0.29) is 18.2 Å². The molecule has 1 saturated heterocycles. The number of hydrogen-bond donors (Lipinski definition) is 2. The van der Waals surface area contributed by atoms with Crippen molar-refractivity contribution in [3.63, 3.8) is 0 Å². The summed E-state index contributed by atoms with van der Waals surface area (Å²) in [6.45, 7) is 2.52. The van der Waals surface area contributed by atoms with Gasteiger partial charge in [0.05, 0.1) is 5.69 Å². The van der Waals surface area contributed by atoms with Gasteiger partial charge in [0.1, 0.15) is 5.25 Å². The number of hydrogen-bond acceptors (Lipinski definition) is 4. The molecule has 6 nitrogen and oxygen atoms in total. The molecule has 2 N–H and O–H groups in total. The summed E-state index contributed by atoms with van der Waals surface area (Å²) in [5, 5.41) is 4.16. The number of nitrogens with zero attached hydrogens (tertiary/aromatic N) is 2. The number of carbonyl (C=O) groups excluding carboxylic acids is 2. The van der Waals surface area contributed by atoms with E-state index in [9.17, 15) is 9.59 Å². The number of aromatic nitrogens is 1. The van der Waals surface area contributed by atoms with Crippen LogP contribution in [-0.4, -0.2) is 38.7 Å². The fourth-order valence-corrected chi connectivity index (χ4v) is 5.32. The van der Waals surface area contributed by atoms with Gasteiger partial charge in [0.15, 0.2) is 5.17 Å². The predicted octanol–water partition coefficient (Wildman–Crippen LogP) is 5.68. The molecule has 1 atom stereocenters. The zero-order valence-electron chi connectivity index (χ0n) is 19.4. The van der Waals surface area contributed by atoms with Crippen molar-refractivity contribution in [1.82, 2.24) is 9.88 Å². The van der Waals surface area contributed by atoms with E-state index in [2.05, 4.69) is 16.4 Å². The maximum atomic E-state index is 13.4. The third-order valence-electron chi connectivity index (χ3n) is 5.99. The molecule has 7 heteroatoms. The summed E-state index contributed by atoms with van der Waals surface area (Å²) in [5.41, 5.74) is 4.89. The molecular formula is C28H26N4O2S. The number of fused-ring (bicyclic) bond motifs is 1. The van der Waals surface area contributed by atoms with Crippen LogP contribution in [0.3, 0.4) is 0 Å². The number of benzene rings is 3. The van der Waals surface area contributed by atoms with Crippen molar-refractivity contribution >= 4 is 51.0 Å². The lowest BCUT2D eigenvalue weighted by atomic mass is 10.1. The second-order valence-corrected chi connectivity index (χ2v) is 9.72. The number of nitrogens with one attached hydrogen (secondary N) is 2. The first kappa shape index (κ1) is 22.9. The molecule has 1 aliphatic rings. The fourth-order valence-electron chi connectivity index (χ4n) is 4.13. The SMILES string of the molecule is Cc1ccc(N=C2SC(CC(=O)Nc3ccccc3)C(=O)N2CCc2c[nH]c3ccccc23)cc1. The Morgan fingerprint density at radius 2 is 1.77 bits per heavy atom. The third kappa shape index (κ3) is 5.30. The number of anilines is 1. The highest BCUT2D eigenvalue weighted by atomic mass is 32.2. The second-order valence-electron chi connectivity index (χ2n) is 8.55. The van der Waals surface area contributed by atoms with Gasteiger partial charge in [-0.3, -0.25) is 14.5 Å². The Morgan fingerprint density at radius 1 is 1.03 bits per heavy atom. The van der Waals surface area contributed by atoms with Crippen LogP contribution in [0, 0.1) is 6.92 Å². The number of aryl methyl sites for hydroxylation is 1. The molecule has 3 aromatic carbocycles. The van der Waals surface area contributed by atoms with Crippen LogP contribution in [-0.2, 0) is 16.0 Å². The Balaban J connectivity index is 1.35. The van der Waals surface area contributed by atoms with E-state index in [1.54, 1.807) is 4.90 Å². The Kier molecular flexibility index (Phi) is 6.68. The summed E-state index contributed by atoms with van der Waals surface area (Å²) in [6, 6.07) is 25.3. The second kappa shape index (κ2) is 10.2. The number of amides is 2. The number of amidine groups is 1. The smallest absolute Gasteiger partial charge is 0.242 e. The highest BCUT2D eigenvalue weighted by Gasteiger charge is 2.39. The molecule has 0 aliphatic carbocycles. The minimum Gasteiger partial charge on any atom is -0.361 e. The van der Waals surface area contributed by atoms with E-state index in [4.69, 9.17) is 4.99 Å². The molecule has 1 aliphatic heterocycles. The van der Waals surface area contributed by atoms with Gasteiger partial charge in [-0.1, -0.05) is 65.9 Å². The van der Waals surface area contributed by atoms with Crippen LogP contribution in [0.2, 0.25) is 0 Å². The van der Waals surface area contributed by atoms with Gasteiger partial charge in [0.2, 0.25) is 11.8 Å². The lowest BCUT2D eigenvalue weighted by molar-refractivity contribution is -0.128. The van der Waals surface area contributed by atoms with Crippen molar-refractivity contribution in [2.75, 3.05) is 11.9 Å². The van der Waals surface area contributed by atoms with Crippen LogP contribution in [0.15, 0.2) is 90.1 Å². The zero-order chi connectivity index (χ0) is 24.2. The van der Waals surface area contributed by atoms with E-state index in [1.165, 1.54) is 11.8 Å². The van der Waals surface area contributed by atoms with Crippen molar-refractivity contribution in [1.29, 1.82) is 0 Å². The molecule has 0 spiro atoms. The number of aromatic amines is 1. The molecular weight excluding hydrogens is 456 g/mol. The van der Waals surface area contributed by atoms with Crippen LogP contribution in [0.5, 0.6) is 0 Å². The molecule has 4 aromatic rings. The highest BCUT2D eigenvalue weighted by Crippen LogP contribution is 2.32. The van der Waals surface area contributed by atoms with E-state index < -0.39 is 5.25 Å². The average molecular weight is 483 g/mol. The minimum atomic E-state index is -0.508. The molecule has 0 radical (unpaired) electrons. The lowest BCUT2D eigenvalue weighted by Crippen LogP contribution is -2.35. The van der Waals surface area contributed by atoms with E-state index in [0.717, 1.165) is 33.4 Å². The first-order chi connectivity index (χ1) is 17.1. The molecule has 35 heavy (non-hydrogen) atoms. The Hall–Kier alpha value is -3.84. The molecule has 0 saturated carbocycles. The van der Waals surface area contributed by atoms with Crippen LogP contribution < -0.4 is 5.32 Å². The highest BCUT2D eigenvalue weighted by molar-refractivity contribution is 8.15. The van der Waals surface area contributed by atoms with Gasteiger partial charge in [-0.2, -0.15) is 0 Å². The van der Waals surface area contributed by atoms with Gasteiger partial charge >= 0.3 is 0 Å². The van der Waals surface area contributed by atoms with Crippen LogP contribution in [0.4, 0.5) is 11.4 Å². The number of aliphatic imine (C=N–C) groups is 1. The van der Waals surface area contributed by atoms with Gasteiger partial charge < -0.3 is 10.3 Å². The van der Waals surface area contributed by atoms with Crippen molar-refractivity contribution in [2.45, 2.75) is 25.0 Å². The molecule has 2 heterocycles. The topological polar surface area (TPSA) is 77.6 Å². The van der Waals surface area contributed by atoms with Crippen molar-refractivity contribution in [3.05, 3.63) is 96.2 Å². The van der Waals surface area contributed by atoms with Gasteiger partial charge in [-0.15, -0.1) is 0 Å². The molecule has 2 amide bonds. The summed E-state index contributed by atoms with van der Waals surface area (Å²) in [6.07, 6.45) is 2.78. The van der Waals surface area contributed by atoms with Crippen molar-refractivity contribution < 1.29 is 9.59 Å². The zero-order valence-corrected chi connectivity index (χ0v) is 20.2. The minimum absolute atomic E-state index is 0.0797. The quantitative estimate of drug-likeness (QED) is 0.356. The van der Waals surface area contributed by atoms with Crippen LogP contribution >= 0.6 is 11.8 Å². The number of thioether (sulfide) groups is 1. The number of rotatable bonds is 7. The van der Waals surface area contributed by atoms with Crippen molar-refractivity contribution in [2.24, 2.45) is 4.99 Å². The van der Waals surface area contributed by atoms with Gasteiger partial charge in [-0.05, 0) is 49.2 Å². The Bertz CT molecular complexity index is 1380. The summed E-state index contributed by atoms with van der Waals surface area (Å²) in [5.74, 6) is -0.265. The van der Waals surface area contributed by atoms with E-state index >= 15 is 0 Å². The third-order valence-corrected chi connectivity index (χ3v) is 7.16. The Labute approximate surface area is 208 Å². The molecule has 1 fully saturated rings. The fraction of sp³-hybridized carbons (Fsp3) is 0.179. The summed E-state index contributed by atoms with van der Waals surface area (Å²) < 4.78 is 0. The number of H-pyrrole nitrogens is 1. The standard InChI is InChI=1S/C28H26N4O2S/c1-19-11-13-22(14-12-19)31-28-32(16-15-20-18-29-24-10-6-5-9-23(20)24)27(34)25(35-28)17-26(33)30-21-7-3-2-4-8-21/h2-14,18,25,29H,15-17H2,1H3,(H,30,33). The first-order valence-corrected chi connectivity index (χ1v) is 12.5. The molecule has 0 bridgehead atoms. The normalized spacial score (nSPS) is 16.8. The maximum Gasteiger partial charge on any atom is 0.242 e. The van der Waals surface area contributed by atoms with Gasteiger partial charge in [0.25, 0.3) is 0 Å². The lowest BCUT2D eigenvalue weighted by Gasteiger charge is -2.16.